The first-order chi connectivity index (χ1) is 32.6. The summed E-state index contributed by atoms with van der Waals surface area (Å²) >= 11 is 6.33. The molecule has 350 valence electrons. The second-order valence-corrected chi connectivity index (χ2v) is 16.9. The molecule has 0 aliphatic carbocycles. The summed E-state index contributed by atoms with van der Waals surface area (Å²) in [6.07, 6.45) is 0. The van der Waals surface area contributed by atoms with Crippen LogP contribution < -0.4 is 5.46 Å². The van der Waals surface area contributed by atoms with Gasteiger partial charge in [0.05, 0.1) is 64.9 Å². The Kier molecular flexibility index (Phi) is 15.1. The Bertz CT molecular complexity index is 3080. The maximum atomic E-state index is 12.7. The van der Waals surface area contributed by atoms with Crippen molar-refractivity contribution in [1.29, 1.82) is 0 Å². The summed E-state index contributed by atoms with van der Waals surface area (Å²) in [5.74, 6) is -1.85. The van der Waals surface area contributed by atoms with Crippen LogP contribution in [0.1, 0.15) is 96.8 Å². The molecule has 68 heavy (non-hydrogen) atoms. The van der Waals surface area contributed by atoms with E-state index in [0.717, 1.165) is 49.3 Å². The summed E-state index contributed by atoms with van der Waals surface area (Å²) in [5.41, 5.74) is 6.08. The fourth-order valence-corrected chi connectivity index (χ4v) is 7.92. The van der Waals surface area contributed by atoms with Crippen LogP contribution in [0.25, 0.3) is 55.0 Å². The highest BCUT2D eigenvalue weighted by molar-refractivity contribution is 6.66. The van der Waals surface area contributed by atoms with Crippen LogP contribution in [0.3, 0.4) is 0 Å². The van der Waals surface area contributed by atoms with Gasteiger partial charge in [-0.15, -0.1) is 0 Å². The molecule has 0 N–H and O–H groups in total. The highest BCUT2D eigenvalue weighted by Crippen LogP contribution is 2.40. The molecule has 8 aromatic rings. The van der Waals surface area contributed by atoms with E-state index in [1.54, 1.807) is 58.0 Å². The van der Waals surface area contributed by atoms with Gasteiger partial charge in [-0.2, -0.15) is 0 Å². The summed E-state index contributed by atoms with van der Waals surface area (Å²) in [6.45, 7) is 16.3. The van der Waals surface area contributed by atoms with Crippen LogP contribution in [0.5, 0.6) is 0 Å². The van der Waals surface area contributed by atoms with E-state index in [1.807, 2.05) is 72.8 Å². The van der Waals surface area contributed by atoms with Crippen LogP contribution in [0.2, 0.25) is 5.02 Å². The van der Waals surface area contributed by atoms with Crippen LogP contribution in [-0.4, -0.2) is 68.6 Å². The van der Waals surface area contributed by atoms with Crippen molar-refractivity contribution < 1.29 is 56.3 Å². The van der Waals surface area contributed by atoms with Crippen LogP contribution >= 0.6 is 11.6 Å². The summed E-state index contributed by atoms with van der Waals surface area (Å²) in [7, 11) is -0.380. The maximum absolute atomic E-state index is 12.7. The zero-order valence-electron chi connectivity index (χ0n) is 39.2. The molecule has 1 fully saturated rings. The number of ether oxygens (including phenoxy) is 4. The molecule has 0 spiro atoms. The minimum absolute atomic E-state index is 0.129. The monoisotopic (exact) mass is 938 g/mol. The molecule has 14 heteroatoms. The summed E-state index contributed by atoms with van der Waals surface area (Å²) in [4.78, 5) is 47.8. The van der Waals surface area contributed by atoms with Gasteiger partial charge in [0.15, 0.2) is 0 Å². The number of hydrogen-bond donors (Lipinski definition) is 0. The summed E-state index contributed by atoms with van der Waals surface area (Å²) in [5, 5.41) is 4.06. The van der Waals surface area contributed by atoms with Crippen molar-refractivity contribution in [3.8, 4) is 11.1 Å². The lowest BCUT2D eigenvalue weighted by Crippen LogP contribution is -2.41. The molecule has 1 saturated heterocycles. The first-order valence-electron chi connectivity index (χ1n) is 22.4. The molecule has 0 bridgehead atoms. The minimum Gasteiger partial charge on any atom is -0.462 e. The number of carbonyl (C=O) groups is 4. The average Bonchev–Trinajstić information content (AvgIpc) is 3.97. The van der Waals surface area contributed by atoms with Crippen molar-refractivity contribution in [1.82, 2.24) is 0 Å². The van der Waals surface area contributed by atoms with Gasteiger partial charge in [0.2, 0.25) is 0 Å². The van der Waals surface area contributed by atoms with Gasteiger partial charge in [-0.05, 0) is 133 Å². The van der Waals surface area contributed by atoms with Crippen molar-refractivity contribution in [2.75, 3.05) is 26.4 Å². The van der Waals surface area contributed by atoms with Gasteiger partial charge in [-0.1, -0.05) is 72.3 Å². The van der Waals surface area contributed by atoms with E-state index in [-0.39, 0.29) is 47.7 Å². The normalized spacial score (nSPS) is 13.6. The van der Waals surface area contributed by atoms with Crippen molar-refractivity contribution in [2.45, 2.75) is 66.6 Å². The maximum Gasteiger partial charge on any atom is 0.495 e. The van der Waals surface area contributed by atoms with Crippen molar-refractivity contribution in [3.05, 3.63) is 149 Å². The predicted octanol–water partition coefficient (Wildman–Crippen LogP) is 12.2. The van der Waals surface area contributed by atoms with Crippen molar-refractivity contribution >= 4 is 91.9 Å². The third-order valence-corrected chi connectivity index (χ3v) is 12.0. The number of para-hydroxylation sites is 2. The Morgan fingerprint density at radius 1 is 0.485 bits per heavy atom. The molecule has 6 aromatic carbocycles. The molecule has 0 unspecified atom stereocenters. The number of carbonyl (C=O) groups excluding carboxylic acids is 4. The van der Waals surface area contributed by atoms with E-state index in [4.69, 9.17) is 48.7 Å². The van der Waals surface area contributed by atoms with E-state index in [9.17, 15) is 19.2 Å². The fourth-order valence-electron chi connectivity index (χ4n) is 7.68. The van der Waals surface area contributed by atoms with Crippen molar-refractivity contribution in [2.24, 2.45) is 0 Å². The first-order valence-corrected chi connectivity index (χ1v) is 22.8. The summed E-state index contributed by atoms with van der Waals surface area (Å²) in [6, 6.07) is 36.6. The quantitative estimate of drug-likeness (QED) is 0.0729. The molecule has 2 aromatic heterocycles. The van der Waals surface area contributed by atoms with E-state index in [2.05, 4.69) is 39.8 Å². The second kappa shape index (κ2) is 20.9. The molecule has 12 nitrogen and oxygen atoms in total. The van der Waals surface area contributed by atoms with Crippen LogP contribution in [0.15, 0.2) is 130 Å². The zero-order valence-corrected chi connectivity index (χ0v) is 40.0. The van der Waals surface area contributed by atoms with E-state index >= 15 is 0 Å². The Morgan fingerprint density at radius 2 is 0.912 bits per heavy atom. The number of hydrogen-bond acceptors (Lipinski definition) is 12. The molecular weight excluding hydrogens is 887 g/mol. The lowest BCUT2D eigenvalue weighted by molar-refractivity contribution is 0.00578. The van der Waals surface area contributed by atoms with E-state index in [0.29, 0.717) is 35.5 Å². The molecule has 0 saturated carbocycles. The molecular formula is C54H52BClO12. The van der Waals surface area contributed by atoms with Gasteiger partial charge in [0.1, 0.15) is 22.3 Å². The van der Waals surface area contributed by atoms with Crippen LogP contribution in [0.4, 0.5) is 0 Å². The molecule has 1 aliphatic heterocycles. The number of fused-ring (bicyclic) bond motifs is 6. The summed E-state index contributed by atoms with van der Waals surface area (Å²) < 4.78 is 44.3. The Morgan fingerprint density at radius 3 is 1.43 bits per heavy atom. The topological polar surface area (TPSA) is 150 Å². The Balaban J connectivity index is 0.000000159. The highest BCUT2D eigenvalue weighted by atomic mass is 35.5. The van der Waals surface area contributed by atoms with Gasteiger partial charge in [0.25, 0.3) is 0 Å². The van der Waals surface area contributed by atoms with Gasteiger partial charge < -0.3 is 37.1 Å². The van der Waals surface area contributed by atoms with Crippen molar-refractivity contribution in [3.63, 3.8) is 0 Å². The minimum atomic E-state index is -0.552. The predicted molar refractivity (Wildman–Crippen MR) is 264 cm³/mol. The van der Waals surface area contributed by atoms with Gasteiger partial charge >= 0.3 is 31.0 Å². The number of furan rings is 2. The molecule has 3 heterocycles. The highest BCUT2D eigenvalue weighted by Gasteiger charge is 2.52. The smallest absolute Gasteiger partial charge is 0.462 e. The lowest BCUT2D eigenvalue weighted by Gasteiger charge is -2.32. The number of esters is 4. The SMILES string of the molecule is CC1(C)OB(c2cccc3oc4ccccc4c23)OC1(C)C.CCOC(=O)c1cc(-c2cccc3oc4ccccc4c23)c(C(=O)OCC)cc1Cl.CCOC(=O)c1ccc(C(=O)OCC)cc1. The fraction of sp³-hybridized carbons (Fsp3) is 0.259. The Labute approximate surface area is 399 Å². The second-order valence-electron chi connectivity index (χ2n) is 16.5. The standard InChI is InChI=1S/C24H19ClO5.C18H19BO3.C12H14O4/c1-3-28-23(26)17-13-19(25)18(24(27)29-4-2)12-16(17)14-9-7-11-21-22(14)15-8-5-6-10-20(15)30-21;1-17(2)18(3,4)22-19(21-17)13-9-7-11-15-16(13)12-8-5-6-10-14(12)20-15;1-3-15-11(13)9-5-7-10(8-6-9)12(14)16-4-2/h5-13H,3-4H2,1-2H3;5-11H,1-4H3;5-8H,3-4H2,1-2H3. The number of halogens is 1. The Hall–Kier alpha value is -6.93. The van der Waals surface area contributed by atoms with Crippen LogP contribution in [-0.2, 0) is 28.3 Å². The molecule has 0 atom stereocenters. The number of benzene rings is 6. The lowest BCUT2D eigenvalue weighted by atomic mass is 9.76. The van der Waals surface area contributed by atoms with E-state index < -0.39 is 23.9 Å². The van der Waals surface area contributed by atoms with Gasteiger partial charge in [0, 0.05) is 21.5 Å². The average molecular weight is 939 g/mol. The molecule has 0 radical (unpaired) electrons. The van der Waals surface area contributed by atoms with Crippen LogP contribution in [0, 0.1) is 0 Å². The molecule has 1 aliphatic rings. The largest absolute Gasteiger partial charge is 0.495 e. The third-order valence-electron chi connectivity index (χ3n) is 11.6. The zero-order chi connectivity index (χ0) is 48.8. The molecule has 0 amide bonds. The van der Waals surface area contributed by atoms with E-state index in [1.165, 1.54) is 6.07 Å². The number of rotatable bonds is 10. The van der Waals surface area contributed by atoms with Gasteiger partial charge in [-0.25, -0.2) is 19.2 Å². The first kappa shape index (κ1) is 49.0. The molecule has 9 rings (SSSR count). The van der Waals surface area contributed by atoms with Gasteiger partial charge in [-0.3, -0.25) is 0 Å². The third kappa shape index (κ3) is 10.2.